The molecule has 2 aliphatic heterocycles. The molecule has 0 aromatic rings. The van der Waals surface area contributed by atoms with E-state index in [4.69, 9.17) is 4.74 Å². The maximum absolute atomic E-state index is 5.38. The Labute approximate surface area is 92.2 Å². The summed E-state index contributed by atoms with van der Waals surface area (Å²) in [5.41, 5.74) is 0. The minimum atomic E-state index is 0.725. The molecule has 1 N–H and O–H groups in total. The van der Waals surface area contributed by atoms with E-state index in [9.17, 15) is 0 Å². The van der Waals surface area contributed by atoms with Crippen LogP contribution in [0.4, 0.5) is 0 Å². The Balaban J connectivity index is 1.43. The van der Waals surface area contributed by atoms with Crippen LogP contribution in [-0.2, 0) is 4.74 Å². The van der Waals surface area contributed by atoms with Gasteiger partial charge in [0.15, 0.2) is 0 Å². The van der Waals surface area contributed by atoms with E-state index in [2.05, 4.69) is 10.2 Å². The summed E-state index contributed by atoms with van der Waals surface area (Å²) in [5, 5.41) is 3.81. The molecule has 0 amide bonds. The summed E-state index contributed by atoms with van der Waals surface area (Å²) in [6.45, 7) is 4.53. The Morgan fingerprint density at radius 1 is 0.933 bits per heavy atom. The molecule has 86 valence electrons. The zero-order valence-electron chi connectivity index (χ0n) is 9.45. The highest BCUT2D eigenvalue weighted by Gasteiger charge is 2.34. The summed E-state index contributed by atoms with van der Waals surface area (Å²) < 4.78 is 5.38. The third kappa shape index (κ3) is 2.52. The quantitative estimate of drug-likeness (QED) is 0.752. The van der Waals surface area contributed by atoms with Gasteiger partial charge in [-0.2, -0.15) is 0 Å². The van der Waals surface area contributed by atoms with Crippen LogP contribution in [0.15, 0.2) is 0 Å². The van der Waals surface area contributed by atoms with Crippen LogP contribution in [0.25, 0.3) is 0 Å². The van der Waals surface area contributed by atoms with E-state index in [0.29, 0.717) is 0 Å². The Morgan fingerprint density at radius 2 is 1.73 bits per heavy atom. The van der Waals surface area contributed by atoms with Crippen molar-refractivity contribution in [1.29, 1.82) is 0 Å². The molecule has 3 heteroatoms. The molecule has 1 atom stereocenters. The normalized spacial score (nSPS) is 34.8. The molecule has 0 aromatic heterocycles. The monoisotopic (exact) mass is 210 g/mol. The summed E-state index contributed by atoms with van der Waals surface area (Å²) in [4.78, 5) is 2.68. The third-order valence-electron chi connectivity index (χ3n) is 3.98. The van der Waals surface area contributed by atoms with Gasteiger partial charge in [-0.3, -0.25) is 4.90 Å². The van der Waals surface area contributed by atoms with Gasteiger partial charge in [0.2, 0.25) is 0 Å². The standard InChI is InChI=1S/C12H22N2O/c1-2-12(1)14-6-3-11(9-14)13-10-4-7-15-8-5-10/h10-13H,1-9H2. The molecule has 2 saturated heterocycles. The van der Waals surface area contributed by atoms with Crippen LogP contribution < -0.4 is 5.32 Å². The predicted octanol–water partition coefficient (Wildman–Crippen LogP) is 0.992. The first-order valence-corrected chi connectivity index (χ1v) is 6.49. The first-order valence-electron chi connectivity index (χ1n) is 6.49. The molecule has 1 aliphatic carbocycles. The van der Waals surface area contributed by atoms with Gasteiger partial charge in [-0.05, 0) is 32.1 Å². The van der Waals surface area contributed by atoms with Crippen molar-refractivity contribution in [2.75, 3.05) is 26.3 Å². The Morgan fingerprint density at radius 3 is 2.47 bits per heavy atom. The van der Waals surface area contributed by atoms with Gasteiger partial charge in [-0.15, -0.1) is 0 Å². The lowest BCUT2D eigenvalue weighted by atomic mass is 10.1. The molecule has 3 fully saturated rings. The van der Waals surface area contributed by atoms with Crippen molar-refractivity contribution in [3.63, 3.8) is 0 Å². The number of rotatable bonds is 3. The smallest absolute Gasteiger partial charge is 0.0480 e. The summed E-state index contributed by atoms with van der Waals surface area (Å²) in [7, 11) is 0. The molecule has 0 spiro atoms. The van der Waals surface area contributed by atoms with Crippen molar-refractivity contribution in [3.05, 3.63) is 0 Å². The molecule has 2 heterocycles. The van der Waals surface area contributed by atoms with E-state index in [1.165, 1.54) is 45.2 Å². The second-order valence-electron chi connectivity index (χ2n) is 5.27. The topological polar surface area (TPSA) is 24.5 Å². The fourth-order valence-corrected chi connectivity index (χ4v) is 2.89. The van der Waals surface area contributed by atoms with Crippen molar-refractivity contribution in [2.45, 2.75) is 50.2 Å². The number of hydrogen-bond donors (Lipinski definition) is 1. The van der Waals surface area contributed by atoms with Crippen molar-refractivity contribution < 1.29 is 4.74 Å². The molecule has 3 aliphatic rings. The molecule has 1 unspecified atom stereocenters. The first kappa shape index (κ1) is 10.1. The molecule has 3 nitrogen and oxygen atoms in total. The van der Waals surface area contributed by atoms with Gasteiger partial charge < -0.3 is 10.1 Å². The second-order valence-corrected chi connectivity index (χ2v) is 5.27. The number of hydrogen-bond acceptors (Lipinski definition) is 3. The lowest BCUT2D eigenvalue weighted by molar-refractivity contribution is 0.0750. The van der Waals surface area contributed by atoms with Crippen molar-refractivity contribution >= 4 is 0 Å². The minimum absolute atomic E-state index is 0.725. The highest BCUT2D eigenvalue weighted by atomic mass is 16.5. The average molecular weight is 210 g/mol. The highest BCUT2D eigenvalue weighted by molar-refractivity contribution is 4.92. The first-order chi connectivity index (χ1) is 7.42. The van der Waals surface area contributed by atoms with Gasteiger partial charge in [-0.25, -0.2) is 0 Å². The van der Waals surface area contributed by atoms with Gasteiger partial charge >= 0.3 is 0 Å². The van der Waals surface area contributed by atoms with Gasteiger partial charge in [0, 0.05) is 44.4 Å². The van der Waals surface area contributed by atoms with Crippen LogP contribution in [0.3, 0.4) is 0 Å². The summed E-state index contributed by atoms with van der Waals surface area (Å²) in [6.07, 6.45) is 6.67. The van der Waals surface area contributed by atoms with Gasteiger partial charge in [0.1, 0.15) is 0 Å². The molecular weight excluding hydrogens is 188 g/mol. The van der Waals surface area contributed by atoms with Crippen molar-refractivity contribution in [3.8, 4) is 0 Å². The van der Waals surface area contributed by atoms with Crippen LogP contribution in [-0.4, -0.2) is 49.3 Å². The Bertz CT molecular complexity index is 212. The van der Waals surface area contributed by atoms with Crippen LogP contribution in [0.2, 0.25) is 0 Å². The number of likely N-dealkylation sites (tertiary alicyclic amines) is 1. The molecular formula is C12H22N2O. The van der Waals surface area contributed by atoms with E-state index < -0.39 is 0 Å². The highest BCUT2D eigenvalue weighted by Crippen LogP contribution is 2.30. The molecule has 3 rings (SSSR count). The largest absolute Gasteiger partial charge is 0.381 e. The predicted molar refractivity (Wildman–Crippen MR) is 60.0 cm³/mol. The van der Waals surface area contributed by atoms with Crippen LogP contribution in [0.5, 0.6) is 0 Å². The average Bonchev–Trinajstić information content (AvgIpc) is 3.02. The van der Waals surface area contributed by atoms with Crippen LogP contribution in [0, 0.1) is 0 Å². The number of ether oxygens (including phenoxy) is 1. The van der Waals surface area contributed by atoms with Crippen LogP contribution >= 0.6 is 0 Å². The Kier molecular flexibility index (Phi) is 2.95. The maximum atomic E-state index is 5.38. The summed E-state index contributed by atoms with van der Waals surface area (Å²) in [6, 6.07) is 2.43. The molecule has 0 aromatic carbocycles. The van der Waals surface area contributed by atoms with E-state index in [-0.39, 0.29) is 0 Å². The third-order valence-corrected chi connectivity index (χ3v) is 3.98. The minimum Gasteiger partial charge on any atom is -0.381 e. The fourth-order valence-electron chi connectivity index (χ4n) is 2.89. The van der Waals surface area contributed by atoms with Gasteiger partial charge in [0.05, 0.1) is 0 Å². The SMILES string of the molecule is C1CC(NC2CCN(C3CC3)C2)CCO1. The molecule has 15 heavy (non-hydrogen) atoms. The molecule has 0 radical (unpaired) electrons. The van der Waals surface area contributed by atoms with Crippen molar-refractivity contribution in [1.82, 2.24) is 10.2 Å². The number of nitrogens with one attached hydrogen (secondary N) is 1. The van der Waals surface area contributed by atoms with Crippen LogP contribution in [0.1, 0.15) is 32.1 Å². The van der Waals surface area contributed by atoms with E-state index in [0.717, 1.165) is 31.3 Å². The van der Waals surface area contributed by atoms with E-state index >= 15 is 0 Å². The fraction of sp³-hybridized carbons (Fsp3) is 1.00. The number of nitrogens with zero attached hydrogens (tertiary/aromatic N) is 1. The molecule has 1 saturated carbocycles. The van der Waals surface area contributed by atoms with E-state index in [1.807, 2.05) is 0 Å². The molecule has 0 bridgehead atoms. The van der Waals surface area contributed by atoms with Gasteiger partial charge in [-0.1, -0.05) is 0 Å². The maximum Gasteiger partial charge on any atom is 0.0480 e. The summed E-state index contributed by atoms with van der Waals surface area (Å²) in [5.74, 6) is 0. The zero-order chi connectivity index (χ0) is 10.1. The summed E-state index contributed by atoms with van der Waals surface area (Å²) >= 11 is 0. The van der Waals surface area contributed by atoms with Crippen molar-refractivity contribution in [2.24, 2.45) is 0 Å². The van der Waals surface area contributed by atoms with E-state index in [1.54, 1.807) is 0 Å². The lowest BCUT2D eigenvalue weighted by Crippen LogP contribution is -2.43. The lowest BCUT2D eigenvalue weighted by Gasteiger charge is -2.26. The zero-order valence-corrected chi connectivity index (χ0v) is 9.45. The van der Waals surface area contributed by atoms with Gasteiger partial charge in [0.25, 0.3) is 0 Å². The Hall–Kier alpha value is -0.120. The second kappa shape index (κ2) is 4.40.